The van der Waals surface area contributed by atoms with Crippen LogP contribution in [0.2, 0.25) is 0 Å². The van der Waals surface area contributed by atoms with Crippen LogP contribution in [0.1, 0.15) is 28.2 Å². The lowest BCUT2D eigenvalue weighted by Gasteiger charge is -2.26. The van der Waals surface area contributed by atoms with Crippen LogP contribution in [0.5, 0.6) is 0 Å². The first-order chi connectivity index (χ1) is 9.48. The fourth-order valence-corrected chi connectivity index (χ4v) is 2.11. The van der Waals surface area contributed by atoms with Crippen LogP contribution >= 0.6 is 0 Å². The summed E-state index contributed by atoms with van der Waals surface area (Å²) < 4.78 is 39.6. The lowest BCUT2D eigenvalue weighted by Crippen LogP contribution is -2.29. The zero-order chi connectivity index (χ0) is 14.6. The van der Waals surface area contributed by atoms with E-state index in [1.54, 1.807) is 36.4 Å². The van der Waals surface area contributed by atoms with Gasteiger partial charge in [-0.25, -0.2) is 0 Å². The molecule has 5 heteroatoms. The standard InChI is InChI=1S/C15H13BF3O/c17-16(18,19)14(12-7-3-1-4-8-12)11-15(20)13-9-5-2-6-10-13/h1-10,14H,11H2/q-1. The van der Waals surface area contributed by atoms with Gasteiger partial charge in [-0.3, -0.25) is 4.79 Å². The lowest BCUT2D eigenvalue weighted by atomic mass is 9.66. The van der Waals surface area contributed by atoms with E-state index in [2.05, 4.69) is 0 Å². The Bertz CT molecular complexity index is 567. The number of carbonyl (C=O) groups is 1. The first kappa shape index (κ1) is 14.4. The van der Waals surface area contributed by atoms with Crippen molar-refractivity contribution < 1.29 is 17.7 Å². The normalized spacial score (nSPS) is 12.9. The van der Waals surface area contributed by atoms with Crippen LogP contribution < -0.4 is 0 Å². The van der Waals surface area contributed by atoms with Crippen molar-refractivity contribution in [2.24, 2.45) is 0 Å². The molecular weight excluding hydrogens is 264 g/mol. The highest BCUT2D eigenvalue weighted by Crippen LogP contribution is 2.34. The smallest absolute Gasteiger partial charge is 0.448 e. The molecule has 2 aromatic rings. The third kappa shape index (κ3) is 3.50. The van der Waals surface area contributed by atoms with Gasteiger partial charge in [0.05, 0.1) is 0 Å². The summed E-state index contributed by atoms with van der Waals surface area (Å²) in [4.78, 5) is 12.0. The molecule has 0 bridgehead atoms. The fourth-order valence-electron chi connectivity index (χ4n) is 2.11. The minimum absolute atomic E-state index is 0.143. The summed E-state index contributed by atoms with van der Waals surface area (Å²) in [6.45, 7) is -5.12. The summed E-state index contributed by atoms with van der Waals surface area (Å²) in [5.74, 6) is -2.19. The van der Waals surface area contributed by atoms with Crippen molar-refractivity contribution in [3.8, 4) is 0 Å². The zero-order valence-electron chi connectivity index (χ0n) is 10.7. The first-order valence-corrected chi connectivity index (χ1v) is 6.31. The van der Waals surface area contributed by atoms with E-state index in [4.69, 9.17) is 0 Å². The molecule has 0 amide bonds. The molecule has 0 spiro atoms. The molecule has 0 fully saturated rings. The van der Waals surface area contributed by atoms with Crippen LogP contribution in [0.25, 0.3) is 0 Å². The van der Waals surface area contributed by atoms with E-state index < -0.39 is 25.0 Å². The maximum Gasteiger partial charge on any atom is 0.486 e. The highest BCUT2D eigenvalue weighted by molar-refractivity contribution is 6.60. The maximum atomic E-state index is 13.2. The molecule has 104 valence electrons. The molecule has 0 saturated heterocycles. The minimum atomic E-state index is -5.12. The monoisotopic (exact) mass is 277 g/mol. The summed E-state index contributed by atoms with van der Waals surface area (Å²) in [6, 6.07) is 15.7. The van der Waals surface area contributed by atoms with Gasteiger partial charge in [0.2, 0.25) is 0 Å². The molecule has 2 aromatic carbocycles. The Morgan fingerprint density at radius 2 is 1.40 bits per heavy atom. The van der Waals surface area contributed by atoms with Gasteiger partial charge in [-0.05, 0) is 12.2 Å². The van der Waals surface area contributed by atoms with E-state index in [1.807, 2.05) is 0 Å². The summed E-state index contributed by atoms with van der Waals surface area (Å²) in [5.41, 5.74) is 0.456. The van der Waals surface area contributed by atoms with Crippen LogP contribution in [0, 0.1) is 0 Å². The molecule has 0 radical (unpaired) electrons. The van der Waals surface area contributed by atoms with Crippen LogP contribution in [-0.4, -0.2) is 12.8 Å². The van der Waals surface area contributed by atoms with E-state index >= 15 is 0 Å². The lowest BCUT2D eigenvalue weighted by molar-refractivity contribution is 0.0976. The Labute approximate surface area is 115 Å². The number of benzene rings is 2. The topological polar surface area (TPSA) is 17.1 Å². The second-order valence-corrected chi connectivity index (χ2v) is 4.64. The van der Waals surface area contributed by atoms with Crippen LogP contribution in [0.15, 0.2) is 60.7 Å². The molecule has 1 unspecified atom stereocenters. The Morgan fingerprint density at radius 1 is 0.900 bits per heavy atom. The SMILES string of the molecule is O=C(CC(c1ccccc1)[B-](F)(F)F)c1ccccc1. The van der Waals surface area contributed by atoms with Gasteiger partial charge in [0, 0.05) is 5.56 Å². The number of hydrogen-bond donors (Lipinski definition) is 0. The quantitative estimate of drug-likeness (QED) is 0.583. The molecule has 0 saturated carbocycles. The van der Waals surface area contributed by atoms with E-state index in [0.717, 1.165) is 0 Å². The Balaban J connectivity index is 2.24. The largest absolute Gasteiger partial charge is 0.486 e. The predicted octanol–water partition coefficient (Wildman–Crippen LogP) is 4.43. The second-order valence-electron chi connectivity index (χ2n) is 4.64. The summed E-state index contributed by atoms with van der Waals surface area (Å²) in [5, 5.41) is 0. The summed E-state index contributed by atoms with van der Waals surface area (Å²) in [7, 11) is 0. The Kier molecular flexibility index (Phi) is 4.27. The molecule has 1 atom stereocenters. The Morgan fingerprint density at radius 3 is 1.90 bits per heavy atom. The molecule has 0 N–H and O–H groups in total. The van der Waals surface area contributed by atoms with Gasteiger partial charge in [-0.2, -0.15) is 0 Å². The van der Waals surface area contributed by atoms with E-state index in [-0.39, 0.29) is 5.56 Å². The van der Waals surface area contributed by atoms with E-state index in [1.165, 1.54) is 24.3 Å². The fraction of sp³-hybridized carbons (Fsp3) is 0.133. The summed E-state index contributed by atoms with van der Waals surface area (Å²) in [6.07, 6.45) is -0.544. The van der Waals surface area contributed by atoms with Crippen molar-refractivity contribution in [3.05, 3.63) is 71.8 Å². The van der Waals surface area contributed by atoms with Crippen molar-refractivity contribution in [2.75, 3.05) is 0 Å². The Hall–Kier alpha value is -2.04. The van der Waals surface area contributed by atoms with Gasteiger partial charge < -0.3 is 12.9 Å². The van der Waals surface area contributed by atoms with Gasteiger partial charge in [-0.15, -0.1) is 0 Å². The average Bonchev–Trinajstić information content (AvgIpc) is 2.45. The minimum Gasteiger partial charge on any atom is -0.448 e. The van der Waals surface area contributed by atoms with E-state index in [0.29, 0.717) is 5.56 Å². The van der Waals surface area contributed by atoms with Crippen molar-refractivity contribution in [2.45, 2.75) is 12.2 Å². The molecule has 0 heterocycles. The number of ketones is 1. The highest BCUT2D eigenvalue weighted by Gasteiger charge is 2.37. The number of Topliss-reactive ketones (excluding diaryl/α,β-unsaturated/α-hetero) is 1. The van der Waals surface area contributed by atoms with Gasteiger partial charge >= 0.3 is 6.98 Å². The van der Waals surface area contributed by atoms with Crippen molar-refractivity contribution in [1.29, 1.82) is 0 Å². The van der Waals surface area contributed by atoms with Gasteiger partial charge in [0.15, 0.2) is 5.78 Å². The molecule has 0 aliphatic rings. The summed E-state index contributed by atoms with van der Waals surface area (Å²) >= 11 is 0. The maximum absolute atomic E-state index is 13.2. The molecule has 0 aliphatic heterocycles. The average molecular weight is 277 g/mol. The number of halogens is 3. The number of hydrogen-bond acceptors (Lipinski definition) is 1. The van der Waals surface area contributed by atoms with Crippen LogP contribution in [-0.2, 0) is 0 Å². The van der Waals surface area contributed by atoms with Gasteiger partial charge in [0.25, 0.3) is 0 Å². The first-order valence-electron chi connectivity index (χ1n) is 6.31. The van der Waals surface area contributed by atoms with Crippen molar-refractivity contribution in [1.82, 2.24) is 0 Å². The second kappa shape index (κ2) is 5.95. The molecule has 0 aromatic heterocycles. The third-order valence-electron chi connectivity index (χ3n) is 3.19. The van der Waals surface area contributed by atoms with Gasteiger partial charge in [-0.1, -0.05) is 66.2 Å². The highest BCUT2D eigenvalue weighted by atomic mass is 19.4. The molecule has 20 heavy (non-hydrogen) atoms. The number of rotatable bonds is 5. The van der Waals surface area contributed by atoms with Crippen molar-refractivity contribution >= 4 is 12.8 Å². The van der Waals surface area contributed by atoms with Crippen molar-refractivity contribution in [3.63, 3.8) is 0 Å². The third-order valence-corrected chi connectivity index (χ3v) is 3.19. The number of carbonyl (C=O) groups excluding carboxylic acids is 1. The van der Waals surface area contributed by atoms with Gasteiger partial charge in [0.1, 0.15) is 0 Å². The van der Waals surface area contributed by atoms with Crippen LogP contribution in [0.3, 0.4) is 0 Å². The molecule has 1 nitrogen and oxygen atoms in total. The zero-order valence-corrected chi connectivity index (χ0v) is 10.7. The van der Waals surface area contributed by atoms with Crippen LogP contribution in [0.4, 0.5) is 12.9 Å². The predicted molar refractivity (Wildman–Crippen MR) is 73.7 cm³/mol. The molecule has 0 aliphatic carbocycles. The van der Waals surface area contributed by atoms with E-state index in [9.17, 15) is 17.7 Å². The molecular formula is C15H13BF3O-. The molecule has 2 rings (SSSR count).